The number of hydrogen-bond donors (Lipinski definition) is 2. The summed E-state index contributed by atoms with van der Waals surface area (Å²) in [7, 11) is 1.56. The third-order valence-electron chi connectivity index (χ3n) is 5.77. The molecule has 7 nitrogen and oxygen atoms in total. The van der Waals surface area contributed by atoms with Crippen molar-refractivity contribution in [3.05, 3.63) is 71.8 Å². The second-order valence-corrected chi connectivity index (χ2v) is 8.06. The van der Waals surface area contributed by atoms with Gasteiger partial charge in [-0.1, -0.05) is 18.7 Å². The average molecular weight is 440 g/mol. The van der Waals surface area contributed by atoms with Gasteiger partial charge in [-0.3, -0.25) is 14.5 Å². The molecule has 1 aromatic carbocycles. The summed E-state index contributed by atoms with van der Waals surface area (Å²) in [5.41, 5.74) is 2.47. The zero-order valence-corrected chi connectivity index (χ0v) is 18.8. The molecule has 32 heavy (non-hydrogen) atoms. The lowest BCUT2D eigenvalue weighted by molar-refractivity contribution is -0.130. The topological polar surface area (TPSA) is 77.6 Å². The molecule has 0 saturated carbocycles. The Labute approximate surface area is 188 Å². The lowest BCUT2D eigenvalue weighted by Crippen LogP contribution is -2.54. The van der Waals surface area contributed by atoms with E-state index in [9.17, 15) is 14.0 Å². The Hall–Kier alpha value is -3.26. The van der Waals surface area contributed by atoms with Gasteiger partial charge in [0.15, 0.2) is 0 Å². The van der Waals surface area contributed by atoms with Gasteiger partial charge in [-0.2, -0.15) is 0 Å². The van der Waals surface area contributed by atoms with E-state index in [1.807, 2.05) is 17.9 Å². The maximum atomic E-state index is 14.3. The first-order valence-corrected chi connectivity index (χ1v) is 10.7. The number of pyridine rings is 1. The number of nitrogens with zero attached hydrogens (tertiary/aromatic N) is 3. The Morgan fingerprint density at radius 2 is 2.09 bits per heavy atom. The van der Waals surface area contributed by atoms with Crippen molar-refractivity contribution in [2.24, 2.45) is 0 Å². The van der Waals surface area contributed by atoms with E-state index in [0.29, 0.717) is 37.4 Å². The maximum absolute atomic E-state index is 14.3. The maximum Gasteiger partial charge on any atom is 0.269 e. The minimum Gasteiger partial charge on any atom is -0.376 e. The fourth-order valence-corrected chi connectivity index (χ4v) is 3.90. The number of nitrogens with one attached hydrogen (secondary N) is 2. The van der Waals surface area contributed by atoms with Crippen LogP contribution in [0.3, 0.4) is 0 Å². The summed E-state index contributed by atoms with van der Waals surface area (Å²) in [6.07, 6.45) is 2.95. The largest absolute Gasteiger partial charge is 0.376 e. The van der Waals surface area contributed by atoms with Gasteiger partial charge in [0, 0.05) is 39.3 Å². The number of piperazine rings is 1. The highest BCUT2D eigenvalue weighted by atomic mass is 19.1. The van der Waals surface area contributed by atoms with Crippen LogP contribution in [0.25, 0.3) is 0 Å². The predicted octanol–water partition coefficient (Wildman–Crippen LogP) is 2.76. The fourth-order valence-electron chi connectivity index (χ4n) is 3.90. The van der Waals surface area contributed by atoms with Crippen molar-refractivity contribution in [2.75, 3.05) is 38.5 Å². The summed E-state index contributed by atoms with van der Waals surface area (Å²) in [6.45, 7) is 9.99. The van der Waals surface area contributed by atoms with E-state index in [0.717, 1.165) is 11.3 Å². The Morgan fingerprint density at radius 3 is 2.69 bits per heavy atom. The van der Waals surface area contributed by atoms with Gasteiger partial charge in [-0.15, -0.1) is 0 Å². The zero-order valence-electron chi connectivity index (χ0n) is 18.8. The van der Waals surface area contributed by atoms with Crippen molar-refractivity contribution in [1.29, 1.82) is 0 Å². The van der Waals surface area contributed by atoms with Crippen molar-refractivity contribution < 1.29 is 14.0 Å². The van der Waals surface area contributed by atoms with Crippen LogP contribution in [0.15, 0.2) is 49.2 Å². The number of carbonyl (C=O) groups excluding carboxylic acids is 2. The number of benzene rings is 1. The minimum atomic E-state index is -0.255. The van der Waals surface area contributed by atoms with E-state index in [-0.39, 0.29) is 29.7 Å². The van der Waals surface area contributed by atoms with Gasteiger partial charge in [0.2, 0.25) is 5.91 Å². The van der Waals surface area contributed by atoms with E-state index in [1.54, 1.807) is 44.4 Å². The first kappa shape index (κ1) is 23.4. The molecule has 170 valence electrons. The molecule has 2 heterocycles. The molecule has 1 aromatic heterocycles. The summed E-state index contributed by atoms with van der Waals surface area (Å²) in [4.78, 5) is 32.1. The molecule has 1 saturated heterocycles. The molecule has 2 amide bonds. The molecular weight excluding hydrogens is 409 g/mol. The number of anilines is 1. The monoisotopic (exact) mass is 439 g/mol. The Kier molecular flexibility index (Phi) is 7.58. The minimum absolute atomic E-state index is 0.0539. The number of hydrogen-bond acceptors (Lipinski definition) is 5. The van der Waals surface area contributed by atoms with Gasteiger partial charge in [0.25, 0.3) is 5.91 Å². The van der Waals surface area contributed by atoms with Crippen LogP contribution in [0.1, 0.15) is 34.6 Å². The van der Waals surface area contributed by atoms with Crippen LogP contribution < -0.4 is 10.6 Å². The van der Waals surface area contributed by atoms with Crippen LogP contribution >= 0.6 is 0 Å². The van der Waals surface area contributed by atoms with Crippen molar-refractivity contribution in [1.82, 2.24) is 20.1 Å². The van der Waals surface area contributed by atoms with Crippen LogP contribution in [0.5, 0.6) is 0 Å². The van der Waals surface area contributed by atoms with Gasteiger partial charge in [-0.05, 0) is 49.2 Å². The lowest BCUT2D eigenvalue weighted by Gasteiger charge is -2.41. The van der Waals surface area contributed by atoms with Crippen LogP contribution in [-0.4, -0.2) is 65.9 Å². The molecule has 0 radical (unpaired) electrons. The molecule has 2 N–H and O–H groups in total. The van der Waals surface area contributed by atoms with Gasteiger partial charge in [0.1, 0.15) is 11.5 Å². The Balaban J connectivity index is 1.79. The number of aryl methyl sites for hydroxylation is 1. The summed E-state index contributed by atoms with van der Waals surface area (Å²) in [5.74, 6) is -0.568. The number of amides is 2. The van der Waals surface area contributed by atoms with Gasteiger partial charge in [0.05, 0.1) is 17.9 Å². The molecule has 0 aliphatic carbocycles. The third kappa shape index (κ3) is 5.50. The first-order valence-electron chi connectivity index (χ1n) is 10.7. The average Bonchev–Trinajstić information content (AvgIpc) is 2.80. The number of aromatic nitrogens is 1. The second kappa shape index (κ2) is 10.4. The van der Waals surface area contributed by atoms with Crippen molar-refractivity contribution in [2.45, 2.75) is 25.9 Å². The first-order chi connectivity index (χ1) is 15.3. The molecule has 2 atom stereocenters. The van der Waals surface area contributed by atoms with Gasteiger partial charge < -0.3 is 15.5 Å². The summed E-state index contributed by atoms with van der Waals surface area (Å²) in [6, 6.07) is 8.54. The van der Waals surface area contributed by atoms with E-state index >= 15 is 0 Å². The Bertz CT molecular complexity index is 979. The van der Waals surface area contributed by atoms with E-state index in [4.69, 9.17) is 0 Å². The summed E-state index contributed by atoms with van der Waals surface area (Å²) >= 11 is 0. The highest BCUT2D eigenvalue weighted by Gasteiger charge is 2.28. The SMILES string of the molecule is C=CC(=O)N1CCN(CC(Nc2ccc(C(=O)NC)nc2)c2ccc(C)c(F)c2)C[C@H]1C. The highest BCUT2D eigenvalue weighted by Crippen LogP contribution is 2.24. The van der Waals surface area contributed by atoms with E-state index < -0.39 is 0 Å². The van der Waals surface area contributed by atoms with Crippen molar-refractivity contribution >= 4 is 17.5 Å². The molecular formula is C24H30FN5O2. The zero-order chi connectivity index (χ0) is 23.3. The summed E-state index contributed by atoms with van der Waals surface area (Å²) < 4.78 is 14.3. The van der Waals surface area contributed by atoms with Crippen LogP contribution in [-0.2, 0) is 4.79 Å². The molecule has 8 heteroatoms. The molecule has 2 aromatic rings. The fraction of sp³-hybridized carbons (Fsp3) is 0.375. The molecule has 3 rings (SSSR count). The van der Waals surface area contributed by atoms with Crippen molar-refractivity contribution in [3.8, 4) is 0 Å². The van der Waals surface area contributed by atoms with Crippen LogP contribution in [0, 0.1) is 12.7 Å². The molecule has 1 aliphatic heterocycles. The highest BCUT2D eigenvalue weighted by molar-refractivity contribution is 5.92. The number of halogens is 1. The predicted molar refractivity (Wildman–Crippen MR) is 123 cm³/mol. The number of rotatable bonds is 7. The lowest BCUT2D eigenvalue weighted by atomic mass is 10.0. The standard InChI is InChI=1S/C24H30FN5O2/c1-5-23(31)30-11-10-29(14-17(30)3)15-22(18-7-6-16(2)20(25)12-18)28-19-8-9-21(27-13-19)24(32)26-4/h5-9,12-13,17,22,28H,1,10-11,14-15H2,2-4H3,(H,26,32)/t17-,22?/m1/s1. The Morgan fingerprint density at radius 1 is 1.31 bits per heavy atom. The van der Waals surface area contributed by atoms with Crippen LogP contribution in [0.4, 0.5) is 10.1 Å². The quantitative estimate of drug-likeness (QED) is 0.649. The second-order valence-electron chi connectivity index (χ2n) is 8.06. The number of carbonyl (C=O) groups is 2. The molecule has 1 fully saturated rings. The van der Waals surface area contributed by atoms with Gasteiger partial charge >= 0.3 is 0 Å². The third-order valence-corrected chi connectivity index (χ3v) is 5.77. The smallest absolute Gasteiger partial charge is 0.269 e. The van der Waals surface area contributed by atoms with Crippen molar-refractivity contribution in [3.63, 3.8) is 0 Å². The van der Waals surface area contributed by atoms with Gasteiger partial charge in [-0.25, -0.2) is 9.37 Å². The molecule has 1 aliphatic rings. The molecule has 1 unspecified atom stereocenters. The normalized spacial score (nSPS) is 17.5. The van der Waals surface area contributed by atoms with E-state index in [2.05, 4.69) is 27.1 Å². The molecule has 0 bridgehead atoms. The summed E-state index contributed by atoms with van der Waals surface area (Å²) in [5, 5.41) is 5.98. The van der Waals surface area contributed by atoms with E-state index in [1.165, 1.54) is 6.08 Å². The molecule has 0 spiro atoms. The van der Waals surface area contributed by atoms with Crippen LogP contribution in [0.2, 0.25) is 0 Å².